The molecule has 6 heteroatoms. The highest BCUT2D eigenvalue weighted by molar-refractivity contribution is 7.09. The summed E-state index contributed by atoms with van der Waals surface area (Å²) in [5.41, 5.74) is -0.168. The van der Waals surface area contributed by atoms with Gasteiger partial charge in [0.15, 0.2) is 0 Å². The number of hydrogen-bond acceptors (Lipinski definition) is 6. The van der Waals surface area contributed by atoms with E-state index in [0.29, 0.717) is 6.61 Å². The predicted molar refractivity (Wildman–Crippen MR) is 94.1 cm³/mol. The van der Waals surface area contributed by atoms with Gasteiger partial charge in [-0.05, 0) is 25.5 Å². The standard InChI is InChI=1S/C17H29N3O2S/c1-18(2)5-6-19-7-9-21-15-17(13-19)14-20(8-10-22-17)12-16-4-3-11-23-16/h3-4,11H,5-10,12-15H2,1-2H3. The Hall–Kier alpha value is -0.500. The normalized spacial score (nSPS) is 27.6. The van der Waals surface area contributed by atoms with Gasteiger partial charge in [0.2, 0.25) is 0 Å². The first-order valence-corrected chi connectivity index (χ1v) is 9.37. The molecule has 0 saturated carbocycles. The van der Waals surface area contributed by atoms with Crippen LogP contribution < -0.4 is 0 Å². The first-order valence-electron chi connectivity index (χ1n) is 8.49. The molecule has 1 spiro atoms. The Kier molecular flexibility index (Phi) is 6.07. The molecule has 2 fully saturated rings. The molecule has 3 heterocycles. The summed E-state index contributed by atoms with van der Waals surface area (Å²) in [4.78, 5) is 8.69. The molecule has 3 rings (SSSR count). The lowest BCUT2D eigenvalue weighted by atomic mass is 10.0. The summed E-state index contributed by atoms with van der Waals surface area (Å²) >= 11 is 1.84. The molecular formula is C17H29N3O2S. The van der Waals surface area contributed by atoms with Gasteiger partial charge < -0.3 is 14.4 Å². The molecule has 2 aliphatic rings. The van der Waals surface area contributed by atoms with Crippen LogP contribution in [0, 0.1) is 0 Å². The van der Waals surface area contributed by atoms with Crippen LogP contribution in [0.2, 0.25) is 0 Å². The Bertz CT molecular complexity index is 468. The number of likely N-dealkylation sites (N-methyl/N-ethyl adjacent to an activating group) is 1. The van der Waals surface area contributed by atoms with Gasteiger partial charge in [0, 0.05) is 50.7 Å². The number of ether oxygens (including phenoxy) is 2. The van der Waals surface area contributed by atoms with Gasteiger partial charge in [0.1, 0.15) is 5.60 Å². The fraction of sp³-hybridized carbons (Fsp3) is 0.765. The van der Waals surface area contributed by atoms with Crippen LogP contribution >= 0.6 is 11.3 Å². The molecule has 0 aromatic carbocycles. The van der Waals surface area contributed by atoms with Gasteiger partial charge in [0.05, 0.1) is 19.8 Å². The Balaban J connectivity index is 1.61. The van der Waals surface area contributed by atoms with Crippen LogP contribution in [-0.2, 0) is 16.0 Å². The average Bonchev–Trinajstić information content (AvgIpc) is 2.94. The van der Waals surface area contributed by atoms with Crippen LogP contribution in [0.5, 0.6) is 0 Å². The van der Waals surface area contributed by atoms with E-state index >= 15 is 0 Å². The third kappa shape index (κ3) is 4.98. The molecule has 1 atom stereocenters. The highest BCUT2D eigenvalue weighted by Gasteiger charge is 2.40. The van der Waals surface area contributed by atoms with Crippen molar-refractivity contribution >= 4 is 11.3 Å². The molecule has 5 nitrogen and oxygen atoms in total. The van der Waals surface area contributed by atoms with E-state index in [1.165, 1.54) is 4.88 Å². The van der Waals surface area contributed by atoms with Crippen molar-refractivity contribution in [2.24, 2.45) is 0 Å². The highest BCUT2D eigenvalue weighted by atomic mass is 32.1. The fourth-order valence-electron chi connectivity index (χ4n) is 3.38. The number of hydrogen-bond donors (Lipinski definition) is 0. The second-order valence-corrected chi connectivity index (χ2v) is 7.99. The molecule has 130 valence electrons. The maximum atomic E-state index is 6.25. The van der Waals surface area contributed by atoms with Crippen LogP contribution in [0.3, 0.4) is 0 Å². The van der Waals surface area contributed by atoms with Gasteiger partial charge in [0.25, 0.3) is 0 Å². The molecule has 0 amide bonds. The van der Waals surface area contributed by atoms with Gasteiger partial charge in [-0.15, -0.1) is 11.3 Å². The molecule has 1 unspecified atom stereocenters. The smallest absolute Gasteiger partial charge is 0.117 e. The molecular weight excluding hydrogens is 310 g/mol. The average molecular weight is 340 g/mol. The summed E-state index contributed by atoms with van der Waals surface area (Å²) in [6, 6.07) is 4.35. The lowest BCUT2D eigenvalue weighted by molar-refractivity contribution is -0.143. The summed E-state index contributed by atoms with van der Waals surface area (Å²) in [5, 5.41) is 2.16. The van der Waals surface area contributed by atoms with Crippen molar-refractivity contribution in [1.29, 1.82) is 0 Å². The first-order chi connectivity index (χ1) is 11.2. The van der Waals surface area contributed by atoms with E-state index < -0.39 is 0 Å². The van der Waals surface area contributed by atoms with E-state index in [9.17, 15) is 0 Å². The monoisotopic (exact) mass is 339 g/mol. The Morgan fingerprint density at radius 3 is 2.83 bits per heavy atom. The van der Waals surface area contributed by atoms with Crippen LogP contribution in [0.4, 0.5) is 0 Å². The largest absolute Gasteiger partial charge is 0.377 e. The van der Waals surface area contributed by atoms with Gasteiger partial charge >= 0.3 is 0 Å². The zero-order valence-electron chi connectivity index (χ0n) is 14.4. The van der Waals surface area contributed by atoms with Crippen molar-refractivity contribution in [1.82, 2.24) is 14.7 Å². The third-order valence-electron chi connectivity index (χ3n) is 4.58. The van der Waals surface area contributed by atoms with Crippen molar-refractivity contribution in [2.45, 2.75) is 12.1 Å². The van der Waals surface area contributed by atoms with Crippen LogP contribution in [0.25, 0.3) is 0 Å². The van der Waals surface area contributed by atoms with Crippen molar-refractivity contribution < 1.29 is 9.47 Å². The van der Waals surface area contributed by atoms with E-state index in [1.807, 2.05) is 11.3 Å². The zero-order valence-corrected chi connectivity index (χ0v) is 15.2. The first kappa shape index (κ1) is 17.3. The molecule has 0 N–H and O–H groups in total. The maximum Gasteiger partial charge on any atom is 0.117 e. The minimum atomic E-state index is -0.168. The number of nitrogens with zero attached hydrogens (tertiary/aromatic N) is 3. The minimum absolute atomic E-state index is 0.168. The van der Waals surface area contributed by atoms with Crippen molar-refractivity contribution in [3.8, 4) is 0 Å². The highest BCUT2D eigenvalue weighted by Crippen LogP contribution is 2.24. The topological polar surface area (TPSA) is 28.2 Å². The Morgan fingerprint density at radius 1 is 1.22 bits per heavy atom. The molecule has 1 aromatic heterocycles. The Morgan fingerprint density at radius 2 is 2.04 bits per heavy atom. The minimum Gasteiger partial charge on any atom is -0.377 e. The van der Waals surface area contributed by atoms with E-state index in [-0.39, 0.29) is 5.60 Å². The number of rotatable bonds is 5. The zero-order chi connectivity index (χ0) is 16.1. The second kappa shape index (κ2) is 8.05. The molecule has 1 aromatic rings. The Labute approximate surface area is 143 Å². The third-order valence-corrected chi connectivity index (χ3v) is 5.44. The van der Waals surface area contributed by atoms with Gasteiger partial charge in [-0.2, -0.15) is 0 Å². The van der Waals surface area contributed by atoms with Gasteiger partial charge in [-0.1, -0.05) is 6.07 Å². The summed E-state index contributed by atoms with van der Waals surface area (Å²) in [5.74, 6) is 0. The van der Waals surface area contributed by atoms with Gasteiger partial charge in [-0.25, -0.2) is 0 Å². The lowest BCUT2D eigenvalue weighted by Gasteiger charge is -2.43. The maximum absolute atomic E-state index is 6.25. The fourth-order valence-corrected chi connectivity index (χ4v) is 4.13. The van der Waals surface area contributed by atoms with Crippen molar-refractivity contribution in [2.75, 3.05) is 73.2 Å². The quantitative estimate of drug-likeness (QED) is 0.804. The molecule has 0 bridgehead atoms. The molecule has 0 aliphatic carbocycles. The summed E-state index contributed by atoms with van der Waals surface area (Å²) in [6.07, 6.45) is 0. The summed E-state index contributed by atoms with van der Waals surface area (Å²) < 4.78 is 12.2. The summed E-state index contributed by atoms with van der Waals surface area (Å²) in [6.45, 7) is 9.46. The van der Waals surface area contributed by atoms with Crippen molar-refractivity contribution in [3.63, 3.8) is 0 Å². The van der Waals surface area contributed by atoms with E-state index in [0.717, 1.165) is 59.0 Å². The molecule has 2 saturated heterocycles. The van der Waals surface area contributed by atoms with Crippen LogP contribution in [0.1, 0.15) is 4.88 Å². The van der Waals surface area contributed by atoms with E-state index in [4.69, 9.17) is 9.47 Å². The van der Waals surface area contributed by atoms with Gasteiger partial charge in [-0.3, -0.25) is 9.80 Å². The molecule has 2 aliphatic heterocycles. The number of thiophene rings is 1. The second-order valence-electron chi connectivity index (χ2n) is 6.95. The van der Waals surface area contributed by atoms with E-state index in [2.05, 4.69) is 46.3 Å². The predicted octanol–water partition coefficient (Wildman–Crippen LogP) is 1.21. The molecule has 23 heavy (non-hydrogen) atoms. The number of morpholine rings is 1. The SMILES string of the molecule is CN(C)CCN1CCOCC2(C1)CN(Cc1cccs1)CCO2. The summed E-state index contributed by atoms with van der Waals surface area (Å²) in [7, 11) is 4.26. The molecule has 0 radical (unpaired) electrons. The van der Waals surface area contributed by atoms with Crippen LogP contribution in [0.15, 0.2) is 17.5 Å². The van der Waals surface area contributed by atoms with Crippen LogP contribution in [-0.4, -0.2) is 93.5 Å². The lowest BCUT2D eigenvalue weighted by Crippen LogP contribution is -2.58. The van der Waals surface area contributed by atoms with E-state index in [1.54, 1.807) is 0 Å². The van der Waals surface area contributed by atoms with Crippen molar-refractivity contribution in [3.05, 3.63) is 22.4 Å².